The normalized spacial score (nSPS) is 13.0. The number of hydrogen-bond acceptors (Lipinski definition) is 6. The average molecular weight is 628 g/mol. The van der Waals surface area contributed by atoms with Crippen molar-refractivity contribution in [3.05, 3.63) is 99.5 Å². The maximum atomic E-state index is 14.0. The number of aromatic nitrogens is 3. The quantitative estimate of drug-likeness (QED) is 0.145. The fourth-order valence-electron chi connectivity index (χ4n) is 5.03. The number of nitrogens with zero attached hydrogens (tertiary/aromatic N) is 5. The van der Waals surface area contributed by atoms with E-state index < -0.39 is 40.7 Å². The Morgan fingerprint density at radius 2 is 1.84 bits per heavy atom. The number of rotatable bonds is 10. The number of benzene rings is 2. The van der Waals surface area contributed by atoms with E-state index in [-0.39, 0.29) is 34.5 Å². The molecule has 0 unspecified atom stereocenters. The van der Waals surface area contributed by atoms with Crippen LogP contribution in [0.5, 0.6) is 0 Å². The smallest absolute Gasteiger partial charge is 0.331 e. The van der Waals surface area contributed by atoms with Gasteiger partial charge >= 0.3 is 6.18 Å². The molecule has 7 nitrogen and oxygen atoms in total. The Morgan fingerprint density at radius 3 is 2.48 bits per heavy atom. The van der Waals surface area contributed by atoms with Crippen molar-refractivity contribution in [2.45, 2.75) is 51.1 Å². The molecule has 4 aromatic rings. The van der Waals surface area contributed by atoms with Crippen molar-refractivity contribution in [3.63, 3.8) is 0 Å². The summed E-state index contributed by atoms with van der Waals surface area (Å²) in [5.41, 5.74) is -0.274. The van der Waals surface area contributed by atoms with Crippen LogP contribution in [-0.2, 0) is 17.4 Å². The number of carbonyl (C=O) groups excluding carboxylic acids is 1. The van der Waals surface area contributed by atoms with Crippen molar-refractivity contribution in [2.24, 2.45) is 4.99 Å². The number of aliphatic imine (C=N–C) groups is 1. The van der Waals surface area contributed by atoms with Crippen LogP contribution in [0, 0.1) is 5.82 Å². The van der Waals surface area contributed by atoms with Gasteiger partial charge in [0.15, 0.2) is 5.65 Å². The van der Waals surface area contributed by atoms with Crippen LogP contribution in [0.4, 0.5) is 17.6 Å². The van der Waals surface area contributed by atoms with E-state index in [2.05, 4.69) is 9.98 Å². The predicted octanol–water partition coefficient (Wildman–Crippen LogP) is 6.65. The second-order valence-corrected chi connectivity index (χ2v) is 12.8. The largest absolute Gasteiger partial charge is 0.419 e. The minimum absolute atomic E-state index is 0.0144. The van der Waals surface area contributed by atoms with Gasteiger partial charge in [-0.1, -0.05) is 25.1 Å². The fraction of sp³-hybridized carbons (Fsp3) is 0.344. The van der Waals surface area contributed by atoms with Crippen LogP contribution in [0.3, 0.4) is 0 Å². The summed E-state index contributed by atoms with van der Waals surface area (Å²) in [7, 11) is 1.65. The summed E-state index contributed by atoms with van der Waals surface area (Å²) in [4.78, 5) is 42.4. The van der Waals surface area contributed by atoms with E-state index in [1.54, 1.807) is 68.3 Å². The Kier molecular flexibility index (Phi) is 9.92. The van der Waals surface area contributed by atoms with Crippen molar-refractivity contribution in [1.82, 2.24) is 19.4 Å². The lowest BCUT2D eigenvalue weighted by Gasteiger charge is -2.36. The van der Waals surface area contributed by atoms with Gasteiger partial charge in [0.25, 0.3) is 5.56 Å². The molecule has 0 saturated heterocycles. The van der Waals surface area contributed by atoms with E-state index in [0.717, 1.165) is 17.4 Å². The van der Waals surface area contributed by atoms with E-state index in [1.807, 2.05) is 20.8 Å². The Hall–Kier alpha value is -4.06. The fourth-order valence-corrected chi connectivity index (χ4v) is 6.04. The van der Waals surface area contributed by atoms with Crippen LogP contribution in [0.25, 0.3) is 16.7 Å². The molecule has 232 valence electrons. The molecule has 0 aliphatic rings. The molecular weight excluding hydrogens is 594 g/mol. The highest BCUT2D eigenvalue weighted by Crippen LogP contribution is 2.33. The summed E-state index contributed by atoms with van der Waals surface area (Å²) in [6, 6.07) is 12.1. The van der Waals surface area contributed by atoms with Crippen LogP contribution in [0.1, 0.15) is 56.3 Å². The van der Waals surface area contributed by atoms with E-state index >= 15 is 0 Å². The maximum absolute atomic E-state index is 14.0. The van der Waals surface area contributed by atoms with Gasteiger partial charge in [-0.05, 0) is 74.0 Å². The van der Waals surface area contributed by atoms with Crippen molar-refractivity contribution >= 4 is 34.9 Å². The molecule has 0 saturated carbocycles. The Balaban J connectivity index is 1.86. The molecule has 0 bridgehead atoms. The molecule has 1 amide bonds. The van der Waals surface area contributed by atoms with Crippen LogP contribution in [-0.4, -0.2) is 55.6 Å². The standard InChI is InChI=1S/C32H33F4N5O2S/c1-6-44-31(3,4)19-40(27(42)17-22-11-14-26(33)25(16-22)32(34,35)36)20(2)29-39-28-24(8-7-15-38-28)30(43)41(29)23-12-9-21(10-13-23)18-37-5/h7-16,18,20H,6,17,19H2,1-5H3/t20-/m1/s1. The number of alkyl halides is 3. The van der Waals surface area contributed by atoms with Gasteiger partial charge in [-0.15, -0.1) is 0 Å². The maximum Gasteiger partial charge on any atom is 0.419 e. The van der Waals surface area contributed by atoms with Crippen LogP contribution >= 0.6 is 11.8 Å². The molecule has 44 heavy (non-hydrogen) atoms. The number of fused-ring (bicyclic) bond motifs is 1. The molecule has 2 heterocycles. The molecule has 4 rings (SSSR count). The lowest BCUT2D eigenvalue weighted by molar-refractivity contribution is -0.140. The molecule has 2 aromatic carbocycles. The summed E-state index contributed by atoms with van der Waals surface area (Å²) >= 11 is 1.61. The van der Waals surface area contributed by atoms with Crippen molar-refractivity contribution in [1.29, 1.82) is 0 Å². The van der Waals surface area contributed by atoms with E-state index in [9.17, 15) is 27.2 Å². The summed E-state index contributed by atoms with van der Waals surface area (Å²) < 4.78 is 55.2. The first kappa shape index (κ1) is 32.8. The highest BCUT2D eigenvalue weighted by Gasteiger charge is 2.35. The van der Waals surface area contributed by atoms with E-state index in [4.69, 9.17) is 4.98 Å². The predicted molar refractivity (Wildman–Crippen MR) is 166 cm³/mol. The molecule has 0 N–H and O–H groups in total. The Morgan fingerprint density at radius 1 is 1.14 bits per heavy atom. The van der Waals surface area contributed by atoms with Gasteiger partial charge in [0.05, 0.1) is 29.1 Å². The van der Waals surface area contributed by atoms with Crippen LogP contribution in [0.15, 0.2) is 70.6 Å². The van der Waals surface area contributed by atoms with E-state index in [0.29, 0.717) is 11.8 Å². The number of halogens is 4. The SMILES string of the molecule is CCSC(C)(C)CN(C(=O)Cc1ccc(F)c(C(F)(F)F)c1)[C@H](C)c1nc2ncccc2c(=O)n1-c1ccc(C=NC)cc1. The Bertz CT molecular complexity index is 1740. The zero-order chi connectivity index (χ0) is 32.2. The highest BCUT2D eigenvalue weighted by atomic mass is 32.2. The molecule has 0 fully saturated rings. The minimum Gasteiger partial charge on any atom is -0.331 e. The lowest BCUT2D eigenvalue weighted by atomic mass is 10.0. The van der Waals surface area contributed by atoms with Gasteiger partial charge < -0.3 is 4.90 Å². The summed E-state index contributed by atoms with van der Waals surface area (Å²) in [5, 5.41) is 0.286. The second kappa shape index (κ2) is 13.3. The number of thioether (sulfide) groups is 1. The Labute approximate surface area is 257 Å². The third kappa shape index (κ3) is 7.35. The molecule has 0 spiro atoms. The summed E-state index contributed by atoms with van der Waals surface area (Å²) in [6.07, 6.45) is -2.14. The van der Waals surface area contributed by atoms with Crippen molar-refractivity contribution in [3.8, 4) is 5.69 Å². The first-order chi connectivity index (χ1) is 20.8. The van der Waals surface area contributed by atoms with E-state index in [1.165, 1.54) is 21.7 Å². The number of amides is 1. The van der Waals surface area contributed by atoms with Crippen LogP contribution < -0.4 is 5.56 Å². The van der Waals surface area contributed by atoms with Gasteiger partial charge in [0.2, 0.25) is 5.91 Å². The summed E-state index contributed by atoms with van der Waals surface area (Å²) in [6.45, 7) is 7.83. The third-order valence-corrected chi connectivity index (χ3v) is 8.24. The zero-order valence-corrected chi connectivity index (χ0v) is 25.8. The lowest BCUT2D eigenvalue weighted by Crippen LogP contribution is -2.44. The van der Waals surface area contributed by atoms with Gasteiger partial charge in [0.1, 0.15) is 11.6 Å². The topological polar surface area (TPSA) is 80.5 Å². The van der Waals surface area contributed by atoms with Crippen LogP contribution in [0.2, 0.25) is 0 Å². The molecular formula is C32H33F4N5O2S. The molecule has 1 atom stereocenters. The molecule has 0 radical (unpaired) electrons. The number of carbonyl (C=O) groups is 1. The van der Waals surface area contributed by atoms with Gasteiger partial charge in [-0.25, -0.2) is 14.4 Å². The molecule has 12 heteroatoms. The van der Waals surface area contributed by atoms with Crippen molar-refractivity contribution < 1.29 is 22.4 Å². The first-order valence-corrected chi connectivity index (χ1v) is 14.9. The average Bonchev–Trinajstić information content (AvgIpc) is 2.96. The first-order valence-electron chi connectivity index (χ1n) is 13.9. The van der Waals surface area contributed by atoms with Gasteiger partial charge in [-0.2, -0.15) is 24.9 Å². The van der Waals surface area contributed by atoms with Gasteiger partial charge in [0, 0.05) is 30.8 Å². The highest BCUT2D eigenvalue weighted by molar-refractivity contribution is 8.00. The summed E-state index contributed by atoms with van der Waals surface area (Å²) in [5.74, 6) is -0.920. The van der Waals surface area contributed by atoms with Crippen molar-refractivity contribution in [2.75, 3.05) is 19.3 Å². The minimum atomic E-state index is -4.91. The molecule has 0 aliphatic heterocycles. The monoisotopic (exact) mass is 627 g/mol. The van der Waals surface area contributed by atoms with Gasteiger partial charge in [-0.3, -0.25) is 19.1 Å². The number of pyridine rings is 1. The zero-order valence-electron chi connectivity index (χ0n) is 25.0. The third-order valence-electron chi connectivity index (χ3n) is 7.04. The molecule has 2 aromatic heterocycles. The second-order valence-electron chi connectivity index (χ2n) is 10.8. The number of hydrogen-bond donors (Lipinski definition) is 0. The molecule has 0 aliphatic carbocycles.